The molecule has 0 unspecified atom stereocenters. The largest absolute Gasteiger partial charge is 0.477 e. The van der Waals surface area contributed by atoms with Gasteiger partial charge in [-0.2, -0.15) is 0 Å². The molecule has 0 amide bonds. The molecule has 1 aromatic rings. The van der Waals surface area contributed by atoms with Crippen LogP contribution in [-0.2, 0) is 6.42 Å². The maximum atomic E-state index is 10.5. The van der Waals surface area contributed by atoms with E-state index in [0.717, 1.165) is 17.7 Å². The second-order valence-corrected chi connectivity index (χ2v) is 3.57. The van der Waals surface area contributed by atoms with Crippen LogP contribution in [0.5, 0.6) is 0 Å². The van der Waals surface area contributed by atoms with Gasteiger partial charge in [0.15, 0.2) is 0 Å². The third-order valence-electron chi connectivity index (χ3n) is 1.47. The Hall–Kier alpha value is -1.09. The zero-order valence-electron chi connectivity index (χ0n) is 6.62. The fourth-order valence-corrected chi connectivity index (χ4v) is 1.73. The summed E-state index contributed by atoms with van der Waals surface area (Å²) in [4.78, 5) is 12.0. The zero-order chi connectivity index (χ0) is 8.97. The minimum atomic E-state index is -0.843. The molecule has 0 saturated carbocycles. The molecule has 1 N–H and O–H groups in total. The van der Waals surface area contributed by atoms with Crippen LogP contribution >= 0.6 is 11.3 Å². The number of aryl methyl sites for hydroxylation is 1. The number of rotatable bonds is 4. The summed E-state index contributed by atoms with van der Waals surface area (Å²) in [6.07, 6.45) is 3.63. The molecule has 0 fully saturated rings. The summed E-state index contributed by atoms with van der Waals surface area (Å²) in [5.41, 5.74) is 0. The van der Waals surface area contributed by atoms with E-state index in [9.17, 15) is 4.79 Å². The van der Waals surface area contributed by atoms with Crippen LogP contribution in [0.1, 0.15) is 21.0 Å². The van der Waals surface area contributed by atoms with Crippen molar-refractivity contribution in [3.8, 4) is 0 Å². The van der Waals surface area contributed by atoms with Crippen LogP contribution < -0.4 is 0 Å². The molecule has 2 nitrogen and oxygen atoms in total. The van der Waals surface area contributed by atoms with Crippen molar-refractivity contribution in [2.24, 2.45) is 0 Å². The van der Waals surface area contributed by atoms with Gasteiger partial charge in [-0.3, -0.25) is 0 Å². The Balaban J connectivity index is 2.64. The van der Waals surface area contributed by atoms with Crippen LogP contribution in [-0.4, -0.2) is 11.1 Å². The number of aromatic carboxylic acids is 1. The summed E-state index contributed by atoms with van der Waals surface area (Å²) in [7, 11) is 0. The van der Waals surface area contributed by atoms with E-state index in [2.05, 4.69) is 6.58 Å². The van der Waals surface area contributed by atoms with Gasteiger partial charge in [-0.15, -0.1) is 17.9 Å². The van der Waals surface area contributed by atoms with Gasteiger partial charge in [0.05, 0.1) is 0 Å². The summed E-state index contributed by atoms with van der Waals surface area (Å²) in [6, 6.07) is 3.50. The second-order valence-electron chi connectivity index (χ2n) is 2.40. The maximum absolute atomic E-state index is 10.5. The Labute approximate surface area is 75.2 Å². The van der Waals surface area contributed by atoms with E-state index >= 15 is 0 Å². The van der Waals surface area contributed by atoms with Gasteiger partial charge < -0.3 is 5.11 Å². The molecule has 0 aromatic carbocycles. The predicted molar refractivity (Wildman–Crippen MR) is 49.8 cm³/mol. The SMILES string of the molecule is C=CCCc1ccc(C(=O)O)s1. The van der Waals surface area contributed by atoms with Crippen molar-refractivity contribution >= 4 is 17.3 Å². The summed E-state index contributed by atoms with van der Waals surface area (Å²) in [5.74, 6) is -0.843. The number of hydrogen-bond donors (Lipinski definition) is 1. The lowest BCUT2D eigenvalue weighted by Crippen LogP contribution is -1.89. The summed E-state index contributed by atoms with van der Waals surface area (Å²) in [6.45, 7) is 3.61. The number of allylic oxidation sites excluding steroid dienone is 1. The van der Waals surface area contributed by atoms with Gasteiger partial charge in [-0.05, 0) is 25.0 Å². The topological polar surface area (TPSA) is 37.3 Å². The molecule has 0 aliphatic carbocycles. The normalized spacial score (nSPS) is 9.67. The smallest absolute Gasteiger partial charge is 0.345 e. The molecule has 0 atom stereocenters. The molecule has 0 aliphatic rings. The van der Waals surface area contributed by atoms with E-state index in [0.29, 0.717) is 4.88 Å². The molecule has 0 aliphatic heterocycles. The Morgan fingerprint density at radius 3 is 2.92 bits per heavy atom. The molecule has 1 rings (SSSR count). The lowest BCUT2D eigenvalue weighted by Gasteiger charge is -1.89. The van der Waals surface area contributed by atoms with Crippen LogP contribution in [0.2, 0.25) is 0 Å². The van der Waals surface area contributed by atoms with Gasteiger partial charge in [-0.1, -0.05) is 6.08 Å². The molecule has 64 valence electrons. The van der Waals surface area contributed by atoms with E-state index < -0.39 is 5.97 Å². The van der Waals surface area contributed by atoms with E-state index in [-0.39, 0.29) is 0 Å². The highest BCUT2D eigenvalue weighted by Crippen LogP contribution is 2.17. The van der Waals surface area contributed by atoms with Crippen molar-refractivity contribution in [1.82, 2.24) is 0 Å². The standard InChI is InChI=1S/C9H10O2S/c1-2-3-4-7-5-6-8(12-7)9(10)11/h2,5-6H,1,3-4H2,(H,10,11). The lowest BCUT2D eigenvalue weighted by molar-refractivity contribution is 0.0702. The monoisotopic (exact) mass is 182 g/mol. The quantitative estimate of drug-likeness (QED) is 0.726. The minimum Gasteiger partial charge on any atom is -0.477 e. The van der Waals surface area contributed by atoms with Gasteiger partial charge >= 0.3 is 5.97 Å². The molecule has 0 radical (unpaired) electrons. The van der Waals surface area contributed by atoms with Crippen molar-refractivity contribution in [3.05, 3.63) is 34.5 Å². The molecule has 1 heterocycles. The Morgan fingerprint density at radius 1 is 1.67 bits per heavy atom. The first-order chi connectivity index (χ1) is 5.74. The van der Waals surface area contributed by atoms with Crippen LogP contribution in [0, 0.1) is 0 Å². The molecule has 1 aromatic heterocycles. The van der Waals surface area contributed by atoms with Crippen molar-refractivity contribution in [1.29, 1.82) is 0 Å². The van der Waals surface area contributed by atoms with Gasteiger partial charge in [0.25, 0.3) is 0 Å². The fourth-order valence-electron chi connectivity index (χ4n) is 0.872. The van der Waals surface area contributed by atoms with Crippen LogP contribution in [0.15, 0.2) is 24.8 Å². The maximum Gasteiger partial charge on any atom is 0.345 e. The first-order valence-corrected chi connectivity index (χ1v) is 4.48. The van der Waals surface area contributed by atoms with E-state index in [1.807, 2.05) is 12.1 Å². The number of carboxylic acids is 1. The first-order valence-electron chi connectivity index (χ1n) is 3.67. The second kappa shape index (κ2) is 4.07. The van der Waals surface area contributed by atoms with E-state index in [1.165, 1.54) is 11.3 Å². The summed E-state index contributed by atoms with van der Waals surface area (Å²) >= 11 is 1.33. The highest BCUT2D eigenvalue weighted by atomic mass is 32.1. The minimum absolute atomic E-state index is 0.411. The van der Waals surface area contributed by atoms with Gasteiger partial charge in [0.2, 0.25) is 0 Å². The average Bonchev–Trinajstić information content (AvgIpc) is 2.48. The van der Waals surface area contributed by atoms with Crippen LogP contribution in [0.3, 0.4) is 0 Å². The average molecular weight is 182 g/mol. The Kier molecular flexibility index (Phi) is 3.05. The number of hydrogen-bond acceptors (Lipinski definition) is 2. The van der Waals surface area contributed by atoms with Crippen molar-refractivity contribution in [2.45, 2.75) is 12.8 Å². The predicted octanol–water partition coefficient (Wildman–Crippen LogP) is 2.56. The highest BCUT2D eigenvalue weighted by molar-refractivity contribution is 7.13. The fraction of sp³-hybridized carbons (Fsp3) is 0.222. The molecule has 0 spiro atoms. The zero-order valence-corrected chi connectivity index (χ0v) is 7.43. The third kappa shape index (κ3) is 2.20. The van der Waals surface area contributed by atoms with E-state index in [4.69, 9.17) is 5.11 Å². The highest BCUT2D eigenvalue weighted by Gasteiger charge is 2.05. The van der Waals surface area contributed by atoms with Crippen LogP contribution in [0.25, 0.3) is 0 Å². The van der Waals surface area contributed by atoms with Crippen molar-refractivity contribution in [3.63, 3.8) is 0 Å². The lowest BCUT2D eigenvalue weighted by atomic mass is 10.2. The van der Waals surface area contributed by atoms with Crippen LogP contribution in [0.4, 0.5) is 0 Å². The molecular formula is C9H10O2S. The number of thiophene rings is 1. The Bertz CT molecular complexity index is 288. The van der Waals surface area contributed by atoms with Crippen molar-refractivity contribution in [2.75, 3.05) is 0 Å². The summed E-state index contributed by atoms with van der Waals surface area (Å²) < 4.78 is 0. The van der Waals surface area contributed by atoms with Gasteiger partial charge in [0.1, 0.15) is 4.88 Å². The third-order valence-corrected chi connectivity index (χ3v) is 2.60. The first kappa shape index (κ1) is 9.00. The van der Waals surface area contributed by atoms with Gasteiger partial charge in [-0.25, -0.2) is 4.79 Å². The molecule has 12 heavy (non-hydrogen) atoms. The molecular weight excluding hydrogens is 172 g/mol. The van der Waals surface area contributed by atoms with E-state index in [1.54, 1.807) is 6.07 Å². The Morgan fingerprint density at radius 2 is 2.42 bits per heavy atom. The summed E-state index contributed by atoms with van der Waals surface area (Å²) in [5, 5.41) is 8.61. The number of carbonyl (C=O) groups is 1. The number of carboxylic acid groups (broad SMARTS) is 1. The molecule has 0 saturated heterocycles. The van der Waals surface area contributed by atoms with Gasteiger partial charge in [0, 0.05) is 4.88 Å². The van der Waals surface area contributed by atoms with Crippen molar-refractivity contribution < 1.29 is 9.90 Å². The molecule has 0 bridgehead atoms. The molecule has 3 heteroatoms.